The van der Waals surface area contributed by atoms with Crippen LogP contribution in [0.15, 0.2) is 24.3 Å². The second kappa shape index (κ2) is 8.18. The fourth-order valence-corrected chi connectivity index (χ4v) is 3.33. The van der Waals surface area contributed by atoms with Gasteiger partial charge in [-0.25, -0.2) is 0 Å². The Kier molecular flexibility index (Phi) is 6.24. The molecule has 3 heteroatoms. The third-order valence-electron chi connectivity index (χ3n) is 4.45. The van der Waals surface area contributed by atoms with Crippen LogP contribution >= 0.6 is 0 Å². The highest BCUT2D eigenvalue weighted by Crippen LogP contribution is 2.28. The zero-order valence-electron chi connectivity index (χ0n) is 13.2. The minimum absolute atomic E-state index is 0.278. The lowest BCUT2D eigenvalue weighted by atomic mass is 9.93. The van der Waals surface area contributed by atoms with Crippen molar-refractivity contribution in [2.24, 2.45) is 11.7 Å². The molecular weight excluding hydrogens is 260 g/mol. The highest BCUT2D eigenvalue weighted by molar-refractivity contribution is 5.94. The molecule has 0 fully saturated rings. The second-order valence-electron chi connectivity index (χ2n) is 6.05. The fourth-order valence-electron chi connectivity index (χ4n) is 3.33. The van der Waals surface area contributed by atoms with Crippen molar-refractivity contribution in [1.29, 1.82) is 0 Å². The van der Waals surface area contributed by atoms with E-state index in [1.54, 1.807) is 0 Å². The summed E-state index contributed by atoms with van der Waals surface area (Å²) in [7, 11) is 0. The van der Waals surface area contributed by atoms with Crippen LogP contribution in [0.4, 0.5) is 5.69 Å². The van der Waals surface area contributed by atoms with Crippen LogP contribution in [0.1, 0.15) is 51.0 Å². The molecule has 1 heterocycles. The van der Waals surface area contributed by atoms with Crippen LogP contribution in [0.25, 0.3) is 0 Å². The summed E-state index contributed by atoms with van der Waals surface area (Å²) in [5.74, 6) is 0.879. The number of hydrogen-bond acceptors (Lipinski definition) is 2. The van der Waals surface area contributed by atoms with Crippen LogP contribution in [0, 0.1) is 5.92 Å². The molecule has 0 bridgehead atoms. The van der Waals surface area contributed by atoms with E-state index < -0.39 is 0 Å². The minimum atomic E-state index is 0.278. The van der Waals surface area contributed by atoms with E-state index in [9.17, 15) is 4.79 Å². The van der Waals surface area contributed by atoms with E-state index in [2.05, 4.69) is 25.1 Å². The van der Waals surface area contributed by atoms with E-state index in [1.807, 2.05) is 11.0 Å². The van der Waals surface area contributed by atoms with Crippen LogP contribution in [0.2, 0.25) is 0 Å². The first-order valence-electron chi connectivity index (χ1n) is 8.34. The van der Waals surface area contributed by atoms with Gasteiger partial charge in [-0.2, -0.15) is 0 Å². The largest absolute Gasteiger partial charge is 0.330 e. The molecule has 0 saturated carbocycles. The molecule has 116 valence electrons. The smallest absolute Gasteiger partial charge is 0.226 e. The van der Waals surface area contributed by atoms with Crippen molar-refractivity contribution >= 4 is 11.6 Å². The summed E-state index contributed by atoms with van der Waals surface area (Å²) in [4.78, 5) is 14.6. The molecule has 0 aromatic heterocycles. The van der Waals surface area contributed by atoms with Crippen molar-refractivity contribution < 1.29 is 4.79 Å². The van der Waals surface area contributed by atoms with Gasteiger partial charge in [-0.1, -0.05) is 38.0 Å². The maximum atomic E-state index is 12.6. The number of amides is 1. The van der Waals surface area contributed by atoms with Gasteiger partial charge in [0.1, 0.15) is 0 Å². The number of para-hydroxylation sites is 1. The zero-order valence-corrected chi connectivity index (χ0v) is 13.2. The summed E-state index contributed by atoms with van der Waals surface area (Å²) in [6, 6.07) is 8.31. The van der Waals surface area contributed by atoms with Gasteiger partial charge < -0.3 is 10.6 Å². The van der Waals surface area contributed by atoms with Gasteiger partial charge in [-0.15, -0.1) is 0 Å². The van der Waals surface area contributed by atoms with Gasteiger partial charge in [-0.3, -0.25) is 4.79 Å². The number of rotatable bonds is 7. The standard InChI is InChI=1S/C18H28N2O/c1-2-6-15(12-13-19)10-11-18(21)20-14-5-8-16-7-3-4-9-17(16)20/h3-4,7,9,15H,2,5-6,8,10-14,19H2,1H3. The van der Waals surface area contributed by atoms with Crippen LogP contribution in [-0.4, -0.2) is 19.0 Å². The van der Waals surface area contributed by atoms with E-state index in [-0.39, 0.29) is 5.91 Å². The predicted molar refractivity (Wildman–Crippen MR) is 88.4 cm³/mol. The molecule has 1 atom stereocenters. The average molecular weight is 288 g/mol. The van der Waals surface area contributed by atoms with Crippen molar-refractivity contribution in [2.75, 3.05) is 18.0 Å². The predicted octanol–water partition coefficient (Wildman–Crippen LogP) is 3.51. The fraction of sp³-hybridized carbons (Fsp3) is 0.611. The Hall–Kier alpha value is -1.35. The maximum Gasteiger partial charge on any atom is 0.226 e. The quantitative estimate of drug-likeness (QED) is 0.834. The number of carbonyl (C=O) groups excluding carboxylic acids is 1. The van der Waals surface area contributed by atoms with E-state index in [1.165, 1.54) is 18.4 Å². The summed E-state index contributed by atoms with van der Waals surface area (Å²) in [6.45, 7) is 3.79. The second-order valence-corrected chi connectivity index (χ2v) is 6.05. The van der Waals surface area contributed by atoms with E-state index in [0.717, 1.165) is 44.5 Å². The summed E-state index contributed by atoms with van der Waals surface area (Å²) in [5.41, 5.74) is 8.11. The van der Waals surface area contributed by atoms with Gasteiger partial charge in [0.15, 0.2) is 0 Å². The summed E-state index contributed by atoms with van der Waals surface area (Å²) in [6.07, 6.45) is 7.18. The monoisotopic (exact) mass is 288 g/mol. The highest BCUT2D eigenvalue weighted by Gasteiger charge is 2.22. The number of benzene rings is 1. The molecule has 2 rings (SSSR count). The maximum absolute atomic E-state index is 12.6. The first-order chi connectivity index (χ1) is 10.3. The van der Waals surface area contributed by atoms with Crippen molar-refractivity contribution in [3.05, 3.63) is 29.8 Å². The molecule has 0 saturated heterocycles. The number of hydrogen-bond donors (Lipinski definition) is 1. The van der Waals surface area contributed by atoms with Gasteiger partial charge in [-0.05, 0) is 49.8 Å². The average Bonchev–Trinajstić information content (AvgIpc) is 2.52. The van der Waals surface area contributed by atoms with Gasteiger partial charge >= 0.3 is 0 Å². The van der Waals surface area contributed by atoms with E-state index >= 15 is 0 Å². The van der Waals surface area contributed by atoms with Crippen LogP contribution in [0.5, 0.6) is 0 Å². The summed E-state index contributed by atoms with van der Waals surface area (Å²) < 4.78 is 0. The minimum Gasteiger partial charge on any atom is -0.330 e. The first-order valence-corrected chi connectivity index (χ1v) is 8.34. The third-order valence-corrected chi connectivity index (χ3v) is 4.45. The van der Waals surface area contributed by atoms with Crippen molar-refractivity contribution in [2.45, 2.75) is 51.9 Å². The van der Waals surface area contributed by atoms with E-state index in [4.69, 9.17) is 5.73 Å². The Morgan fingerprint density at radius 1 is 1.29 bits per heavy atom. The van der Waals surface area contributed by atoms with Crippen LogP contribution < -0.4 is 10.6 Å². The molecule has 0 radical (unpaired) electrons. The molecule has 1 aromatic rings. The Morgan fingerprint density at radius 3 is 2.86 bits per heavy atom. The Bertz CT molecular complexity index is 452. The molecule has 0 spiro atoms. The van der Waals surface area contributed by atoms with Crippen molar-refractivity contribution in [3.8, 4) is 0 Å². The third kappa shape index (κ3) is 4.31. The molecular formula is C18H28N2O. The molecule has 21 heavy (non-hydrogen) atoms. The van der Waals surface area contributed by atoms with E-state index in [0.29, 0.717) is 12.3 Å². The van der Waals surface area contributed by atoms with Gasteiger partial charge in [0, 0.05) is 18.7 Å². The molecule has 1 aliphatic rings. The highest BCUT2D eigenvalue weighted by atomic mass is 16.2. The number of nitrogens with zero attached hydrogens (tertiary/aromatic N) is 1. The lowest BCUT2D eigenvalue weighted by Crippen LogP contribution is -2.35. The zero-order chi connectivity index (χ0) is 15.1. The molecule has 1 aromatic carbocycles. The number of anilines is 1. The molecule has 0 aliphatic carbocycles. The topological polar surface area (TPSA) is 46.3 Å². The van der Waals surface area contributed by atoms with Gasteiger partial charge in [0.05, 0.1) is 0 Å². The molecule has 1 amide bonds. The molecule has 3 nitrogen and oxygen atoms in total. The summed E-state index contributed by atoms with van der Waals surface area (Å²) in [5, 5.41) is 0. The lowest BCUT2D eigenvalue weighted by molar-refractivity contribution is -0.119. The van der Waals surface area contributed by atoms with Crippen molar-refractivity contribution in [1.82, 2.24) is 0 Å². The molecule has 1 unspecified atom stereocenters. The van der Waals surface area contributed by atoms with Gasteiger partial charge in [0.25, 0.3) is 0 Å². The Morgan fingerprint density at radius 2 is 2.10 bits per heavy atom. The number of carbonyl (C=O) groups is 1. The van der Waals surface area contributed by atoms with Crippen LogP contribution in [-0.2, 0) is 11.2 Å². The Labute approximate surface area is 128 Å². The lowest BCUT2D eigenvalue weighted by Gasteiger charge is -2.30. The van der Waals surface area contributed by atoms with Gasteiger partial charge in [0.2, 0.25) is 5.91 Å². The number of fused-ring (bicyclic) bond motifs is 1. The number of aryl methyl sites for hydroxylation is 1. The Balaban J connectivity index is 1.95. The SMILES string of the molecule is CCCC(CCN)CCC(=O)N1CCCc2ccccc21. The first kappa shape index (κ1) is 16.0. The normalized spacial score (nSPS) is 15.6. The number of nitrogens with two attached hydrogens (primary N) is 1. The summed E-state index contributed by atoms with van der Waals surface area (Å²) >= 11 is 0. The van der Waals surface area contributed by atoms with Crippen LogP contribution in [0.3, 0.4) is 0 Å². The molecule has 1 aliphatic heterocycles. The molecule has 2 N–H and O–H groups in total. The van der Waals surface area contributed by atoms with Crippen molar-refractivity contribution in [3.63, 3.8) is 0 Å².